The normalized spacial score (nSPS) is 22.0. The molecular formula is C22H22ClN3O3. The number of aliphatic carboxylic acids is 1. The number of halogens is 1. The number of fused-ring (bicyclic) bond motifs is 1. The highest BCUT2D eigenvalue weighted by Gasteiger charge is 2.27. The van der Waals surface area contributed by atoms with Crippen molar-refractivity contribution in [3.63, 3.8) is 0 Å². The Morgan fingerprint density at radius 3 is 2.45 bits per heavy atom. The Labute approximate surface area is 173 Å². The summed E-state index contributed by atoms with van der Waals surface area (Å²) < 4.78 is 5.96. The van der Waals surface area contributed by atoms with Crippen molar-refractivity contribution in [3.8, 4) is 17.3 Å². The Morgan fingerprint density at radius 2 is 1.79 bits per heavy atom. The van der Waals surface area contributed by atoms with Gasteiger partial charge in [0.15, 0.2) is 5.65 Å². The van der Waals surface area contributed by atoms with Gasteiger partial charge in [0.25, 0.3) is 6.01 Å². The zero-order chi connectivity index (χ0) is 20.0. The minimum Gasteiger partial charge on any atom is -0.481 e. The number of nitrogens with zero attached hydrogens (tertiary/aromatic N) is 2. The van der Waals surface area contributed by atoms with Crippen molar-refractivity contribution in [1.82, 2.24) is 15.0 Å². The maximum absolute atomic E-state index is 11.1. The van der Waals surface area contributed by atoms with Crippen LogP contribution in [0.15, 0.2) is 30.3 Å². The molecule has 5 rings (SSSR count). The van der Waals surface area contributed by atoms with Crippen molar-refractivity contribution < 1.29 is 14.6 Å². The topological polar surface area (TPSA) is 88.1 Å². The predicted octanol–water partition coefficient (Wildman–Crippen LogP) is 5.18. The lowest BCUT2D eigenvalue weighted by molar-refractivity contribution is -0.143. The molecule has 0 amide bonds. The Kier molecular flexibility index (Phi) is 4.66. The van der Waals surface area contributed by atoms with Crippen LogP contribution in [-0.2, 0) is 4.79 Å². The van der Waals surface area contributed by atoms with Crippen LogP contribution in [0.1, 0.15) is 50.0 Å². The van der Waals surface area contributed by atoms with E-state index in [1.165, 1.54) is 18.4 Å². The number of carboxylic acids is 1. The van der Waals surface area contributed by atoms with Crippen molar-refractivity contribution in [1.29, 1.82) is 0 Å². The summed E-state index contributed by atoms with van der Waals surface area (Å²) in [6, 6.07) is 10.7. The maximum Gasteiger partial charge on any atom is 0.306 e. The van der Waals surface area contributed by atoms with Crippen LogP contribution in [0.3, 0.4) is 0 Å². The minimum absolute atomic E-state index is 0.0314. The van der Waals surface area contributed by atoms with Gasteiger partial charge in [-0.25, -0.2) is 4.98 Å². The lowest BCUT2D eigenvalue weighted by atomic mass is 9.87. The SMILES string of the molecule is O=C(O)[C@H]1CC[C@H](Oc2nc3nc(-c4ccc(C5CC5)cc4)c(Cl)cc3[nH]2)CC1. The van der Waals surface area contributed by atoms with Gasteiger partial charge in [0.1, 0.15) is 6.10 Å². The molecule has 2 saturated carbocycles. The molecule has 1 aromatic carbocycles. The second-order valence-electron chi connectivity index (χ2n) is 8.06. The van der Waals surface area contributed by atoms with Gasteiger partial charge in [-0.15, -0.1) is 0 Å². The molecule has 2 fully saturated rings. The van der Waals surface area contributed by atoms with Gasteiger partial charge in [0.2, 0.25) is 0 Å². The second kappa shape index (κ2) is 7.34. The van der Waals surface area contributed by atoms with E-state index >= 15 is 0 Å². The van der Waals surface area contributed by atoms with E-state index in [-0.39, 0.29) is 12.0 Å². The number of aromatic nitrogens is 3. The van der Waals surface area contributed by atoms with Gasteiger partial charge >= 0.3 is 5.97 Å². The standard InChI is InChI=1S/C22H22ClN3O3/c23-17-11-18-20(25-19(17)14-5-3-13(4-6-14)12-1-2-12)26-22(24-18)29-16-9-7-15(8-10-16)21(27)28/h3-6,11-12,15-16H,1-2,7-10H2,(H,27,28)(H,24,25,26)/t15-,16-. The first kappa shape index (κ1) is 18.4. The molecule has 6 nitrogen and oxygen atoms in total. The Bertz CT molecular complexity index is 1050. The van der Waals surface area contributed by atoms with Crippen LogP contribution in [0, 0.1) is 5.92 Å². The van der Waals surface area contributed by atoms with Gasteiger partial charge in [0.05, 0.1) is 22.2 Å². The molecule has 0 radical (unpaired) electrons. The van der Waals surface area contributed by atoms with Crippen LogP contribution < -0.4 is 4.74 Å². The number of hydrogen-bond donors (Lipinski definition) is 2. The molecule has 2 aliphatic carbocycles. The molecule has 150 valence electrons. The maximum atomic E-state index is 11.1. The average Bonchev–Trinajstić information content (AvgIpc) is 3.49. The summed E-state index contributed by atoms with van der Waals surface area (Å²) in [6.07, 6.45) is 5.20. The largest absolute Gasteiger partial charge is 0.481 e. The second-order valence-corrected chi connectivity index (χ2v) is 8.47. The van der Waals surface area contributed by atoms with E-state index in [1.807, 2.05) is 6.07 Å². The number of nitrogens with one attached hydrogen (secondary N) is 1. The number of hydrogen-bond acceptors (Lipinski definition) is 4. The summed E-state index contributed by atoms with van der Waals surface area (Å²) in [7, 11) is 0. The van der Waals surface area contributed by atoms with Gasteiger partial charge < -0.3 is 14.8 Å². The van der Waals surface area contributed by atoms with E-state index in [9.17, 15) is 4.79 Å². The van der Waals surface area contributed by atoms with Gasteiger partial charge in [-0.3, -0.25) is 4.79 Å². The molecule has 2 heterocycles. The minimum atomic E-state index is -0.719. The van der Waals surface area contributed by atoms with Gasteiger partial charge in [-0.1, -0.05) is 35.9 Å². The van der Waals surface area contributed by atoms with Crippen molar-refractivity contribution >= 4 is 28.7 Å². The smallest absolute Gasteiger partial charge is 0.306 e. The highest BCUT2D eigenvalue weighted by atomic mass is 35.5. The number of imidazole rings is 1. The first-order valence-corrected chi connectivity index (χ1v) is 10.5. The van der Waals surface area contributed by atoms with Crippen LogP contribution in [-0.4, -0.2) is 32.1 Å². The summed E-state index contributed by atoms with van der Waals surface area (Å²) in [5.41, 5.74) is 4.34. The Balaban J connectivity index is 1.34. The Morgan fingerprint density at radius 1 is 1.07 bits per heavy atom. The molecule has 0 aliphatic heterocycles. The number of carbonyl (C=O) groups is 1. The monoisotopic (exact) mass is 411 g/mol. The molecular weight excluding hydrogens is 390 g/mol. The molecule has 0 saturated heterocycles. The molecule has 2 aromatic heterocycles. The molecule has 7 heteroatoms. The van der Waals surface area contributed by atoms with Crippen LogP contribution in [0.4, 0.5) is 0 Å². The number of rotatable bonds is 5. The lowest BCUT2D eigenvalue weighted by Gasteiger charge is -2.25. The third kappa shape index (κ3) is 3.81. The Hall–Kier alpha value is -2.60. The van der Waals surface area contributed by atoms with Crippen molar-refractivity contribution in [2.45, 2.75) is 50.5 Å². The summed E-state index contributed by atoms with van der Waals surface area (Å²) in [5.74, 6) is -0.268. The van der Waals surface area contributed by atoms with Crippen LogP contribution in [0.2, 0.25) is 5.02 Å². The first-order chi connectivity index (χ1) is 14.1. The number of H-pyrrole nitrogens is 1. The zero-order valence-corrected chi connectivity index (χ0v) is 16.7. The molecule has 0 unspecified atom stereocenters. The van der Waals surface area contributed by atoms with Gasteiger partial charge in [-0.2, -0.15) is 4.98 Å². The average molecular weight is 412 g/mol. The molecule has 2 aliphatic rings. The van der Waals surface area contributed by atoms with E-state index in [4.69, 9.17) is 21.4 Å². The van der Waals surface area contributed by atoms with E-state index in [0.717, 1.165) is 11.1 Å². The van der Waals surface area contributed by atoms with Gasteiger partial charge in [0, 0.05) is 5.56 Å². The first-order valence-electron chi connectivity index (χ1n) is 10.1. The van der Waals surface area contributed by atoms with E-state index in [1.54, 1.807) is 0 Å². The highest BCUT2D eigenvalue weighted by Crippen LogP contribution is 2.41. The number of aromatic amines is 1. The number of benzene rings is 1. The fraction of sp³-hybridized carbons (Fsp3) is 0.409. The van der Waals surface area contributed by atoms with Crippen molar-refractivity contribution in [2.24, 2.45) is 5.92 Å². The number of carboxylic acid groups (broad SMARTS) is 1. The summed E-state index contributed by atoms with van der Waals surface area (Å²) in [5, 5.41) is 9.68. The number of ether oxygens (including phenoxy) is 1. The summed E-state index contributed by atoms with van der Waals surface area (Å²) >= 11 is 6.49. The zero-order valence-electron chi connectivity index (χ0n) is 15.9. The van der Waals surface area contributed by atoms with Gasteiger partial charge in [-0.05, 0) is 56.1 Å². The van der Waals surface area contributed by atoms with E-state index in [0.29, 0.717) is 54.0 Å². The quantitative estimate of drug-likeness (QED) is 0.604. The van der Waals surface area contributed by atoms with E-state index < -0.39 is 5.97 Å². The molecule has 0 bridgehead atoms. The van der Waals surface area contributed by atoms with Crippen LogP contribution in [0.5, 0.6) is 6.01 Å². The molecule has 0 spiro atoms. The van der Waals surface area contributed by atoms with Crippen LogP contribution >= 0.6 is 11.6 Å². The lowest BCUT2D eigenvalue weighted by Crippen LogP contribution is -2.28. The molecule has 3 aromatic rings. The third-order valence-electron chi connectivity index (χ3n) is 5.94. The van der Waals surface area contributed by atoms with Crippen molar-refractivity contribution in [2.75, 3.05) is 0 Å². The third-order valence-corrected chi connectivity index (χ3v) is 6.23. The van der Waals surface area contributed by atoms with Crippen LogP contribution in [0.25, 0.3) is 22.4 Å². The summed E-state index contributed by atoms with van der Waals surface area (Å²) in [4.78, 5) is 23.4. The highest BCUT2D eigenvalue weighted by molar-refractivity contribution is 6.33. The molecule has 29 heavy (non-hydrogen) atoms. The van der Waals surface area contributed by atoms with E-state index in [2.05, 4.69) is 39.2 Å². The molecule has 2 N–H and O–H groups in total. The fourth-order valence-corrected chi connectivity index (χ4v) is 4.33. The fourth-order valence-electron chi connectivity index (χ4n) is 4.07. The number of pyridine rings is 1. The summed E-state index contributed by atoms with van der Waals surface area (Å²) in [6.45, 7) is 0. The molecule has 0 atom stereocenters. The predicted molar refractivity (Wildman–Crippen MR) is 110 cm³/mol. The van der Waals surface area contributed by atoms with Crippen molar-refractivity contribution in [3.05, 3.63) is 40.9 Å².